The van der Waals surface area contributed by atoms with Crippen molar-refractivity contribution < 1.29 is 23.7 Å². The molecule has 0 unspecified atom stereocenters. The number of ether oxygens (including phenoxy) is 4. The van der Waals surface area contributed by atoms with Gasteiger partial charge in [0.05, 0.1) is 19.8 Å². The SMILES string of the molecule is C=C[C@H](OCOCC[Si](C)(C)C)[C@@H](OCc1ccc(OC)cc1)C(C)(C)C=O. The van der Waals surface area contributed by atoms with Crippen molar-refractivity contribution in [2.45, 2.75) is 58.3 Å². The van der Waals surface area contributed by atoms with Gasteiger partial charge in [0.25, 0.3) is 0 Å². The molecule has 0 aliphatic rings. The smallest absolute Gasteiger partial charge is 0.147 e. The molecule has 1 aromatic rings. The van der Waals surface area contributed by atoms with Crippen LogP contribution in [-0.2, 0) is 25.6 Å². The van der Waals surface area contributed by atoms with E-state index in [1.165, 1.54) is 0 Å². The Hall–Kier alpha value is -1.47. The van der Waals surface area contributed by atoms with E-state index in [1.807, 2.05) is 38.1 Å². The molecule has 6 heteroatoms. The number of hydrogen-bond acceptors (Lipinski definition) is 5. The van der Waals surface area contributed by atoms with Crippen LogP contribution in [0.25, 0.3) is 0 Å². The maximum atomic E-state index is 11.7. The molecular weight excluding hydrogens is 372 g/mol. The van der Waals surface area contributed by atoms with Crippen LogP contribution in [0.4, 0.5) is 0 Å². The normalized spacial score (nSPS) is 14.4. The summed E-state index contributed by atoms with van der Waals surface area (Å²) in [4.78, 5) is 11.7. The Kier molecular flexibility index (Phi) is 10.1. The van der Waals surface area contributed by atoms with Gasteiger partial charge in [-0.2, -0.15) is 0 Å². The van der Waals surface area contributed by atoms with Crippen molar-refractivity contribution in [2.75, 3.05) is 20.5 Å². The third-order valence-corrected chi connectivity index (χ3v) is 6.20. The molecule has 0 amide bonds. The molecule has 158 valence electrons. The third kappa shape index (κ3) is 8.69. The number of rotatable bonds is 14. The van der Waals surface area contributed by atoms with E-state index in [1.54, 1.807) is 13.2 Å². The second kappa shape index (κ2) is 11.5. The van der Waals surface area contributed by atoms with Gasteiger partial charge >= 0.3 is 0 Å². The summed E-state index contributed by atoms with van der Waals surface area (Å²) in [5.74, 6) is 0.788. The van der Waals surface area contributed by atoms with Gasteiger partial charge in [0.1, 0.15) is 24.9 Å². The highest BCUT2D eigenvalue weighted by atomic mass is 28.3. The van der Waals surface area contributed by atoms with E-state index in [4.69, 9.17) is 18.9 Å². The second-order valence-corrected chi connectivity index (χ2v) is 14.3. The number of carbonyl (C=O) groups excluding carboxylic acids is 1. The van der Waals surface area contributed by atoms with Crippen LogP contribution in [0.2, 0.25) is 25.7 Å². The maximum absolute atomic E-state index is 11.7. The van der Waals surface area contributed by atoms with E-state index in [2.05, 4.69) is 26.2 Å². The van der Waals surface area contributed by atoms with Gasteiger partial charge in [0, 0.05) is 20.1 Å². The quantitative estimate of drug-likeness (QED) is 0.147. The Labute approximate surface area is 171 Å². The lowest BCUT2D eigenvalue weighted by molar-refractivity contribution is -0.156. The summed E-state index contributed by atoms with van der Waals surface area (Å²) in [6.07, 6.45) is 1.64. The molecule has 28 heavy (non-hydrogen) atoms. The minimum atomic E-state index is -1.14. The molecule has 1 aromatic carbocycles. The first-order valence-corrected chi connectivity index (χ1v) is 13.4. The summed E-state index contributed by atoms with van der Waals surface area (Å²) in [5, 5.41) is 0. The van der Waals surface area contributed by atoms with E-state index >= 15 is 0 Å². The van der Waals surface area contributed by atoms with Gasteiger partial charge in [-0.25, -0.2) is 0 Å². The summed E-state index contributed by atoms with van der Waals surface area (Å²) in [5.41, 5.74) is 0.255. The second-order valence-electron chi connectivity index (χ2n) is 8.72. The first kappa shape index (κ1) is 24.6. The predicted molar refractivity (Wildman–Crippen MR) is 115 cm³/mol. The third-order valence-electron chi connectivity index (χ3n) is 4.50. The van der Waals surface area contributed by atoms with Gasteiger partial charge < -0.3 is 23.7 Å². The van der Waals surface area contributed by atoms with Gasteiger partial charge in [-0.05, 0) is 23.7 Å². The van der Waals surface area contributed by atoms with E-state index in [-0.39, 0.29) is 6.79 Å². The molecule has 0 N–H and O–H groups in total. The fraction of sp³-hybridized carbons (Fsp3) is 0.591. The van der Waals surface area contributed by atoms with Crippen molar-refractivity contribution in [2.24, 2.45) is 5.41 Å². The molecule has 0 aliphatic carbocycles. The number of methoxy groups -OCH3 is 1. The molecule has 0 radical (unpaired) electrons. The lowest BCUT2D eigenvalue weighted by Gasteiger charge is -2.34. The Morgan fingerprint density at radius 1 is 1.14 bits per heavy atom. The first-order chi connectivity index (χ1) is 13.1. The molecule has 0 saturated carbocycles. The van der Waals surface area contributed by atoms with Crippen molar-refractivity contribution in [3.8, 4) is 5.75 Å². The van der Waals surface area contributed by atoms with Gasteiger partial charge in [0.2, 0.25) is 0 Å². The average molecular weight is 409 g/mol. The molecular formula is C22H36O5Si. The number of benzene rings is 1. The van der Waals surface area contributed by atoms with Crippen molar-refractivity contribution in [3.63, 3.8) is 0 Å². The molecule has 0 heterocycles. The number of carbonyl (C=O) groups is 1. The van der Waals surface area contributed by atoms with Crippen LogP contribution >= 0.6 is 0 Å². The topological polar surface area (TPSA) is 54.0 Å². The standard InChI is InChI=1S/C22H36O5Si/c1-8-20(27-17-25-13-14-28(5,6)7)21(22(2,3)16-23)26-15-18-9-11-19(24-4)12-10-18/h8-12,16,20-21H,1,13-15,17H2,2-7H3/t20-,21+/m0/s1. The Bertz CT molecular complexity index is 592. The summed E-state index contributed by atoms with van der Waals surface area (Å²) >= 11 is 0. The van der Waals surface area contributed by atoms with Crippen molar-refractivity contribution in [1.29, 1.82) is 0 Å². The molecule has 1 rings (SSSR count). The lowest BCUT2D eigenvalue weighted by atomic mass is 9.84. The summed E-state index contributed by atoms with van der Waals surface area (Å²) in [6, 6.07) is 8.71. The Balaban J connectivity index is 2.69. The van der Waals surface area contributed by atoms with Crippen LogP contribution in [-0.4, -0.2) is 47.1 Å². The first-order valence-electron chi connectivity index (χ1n) is 9.65. The highest BCUT2D eigenvalue weighted by molar-refractivity contribution is 6.76. The van der Waals surface area contributed by atoms with Crippen LogP contribution < -0.4 is 4.74 Å². The zero-order chi connectivity index (χ0) is 21.2. The molecule has 0 spiro atoms. The average Bonchev–Trinajstić information content (AvgIpc) is 2.65. The van der Waals surface area contributed by atoms with Crippen LogP contribution in [0.15, 0.2) is 36.9 Å². The maximum Gasteiger partial charge on any atom is 0.147 e. The molecule has 0 fully saturated rings. The predicted octanol–water partition coefficient (Wildman–Crippen LogP) is 4.69. The van der Waals surface area contributed by atoms with E-state index in [0.29, 0.717) is 13.2 Å². The minimum absolute atomic E-state index is 0.151. The fourth-order valence-corrected chi connectivity index (χ4v) is 3.31. The zero-order valence-corrected chi connectivity index (χ0v) is 19.2. The van der Waals surface area contributed by atoms with Gasteiger partial charge in [-0.1, -0.05) is 51.7 Å². The number of hydrogen-bond donors (Lipinski definition) is 0. The van der Waals surface area contributed by atoms with Crippen LogP contribution in [0, 0.1) is 5.41 Å². The Morgan fingerprint density at radius 3 is 2.29 bits per heavy atom. The highest BCUT2D eigenvalue weighted by Gasteiger charge is 2.36. The molecule has 0 aliphatic heterocycles. The fourth-order valence-electron chi connectivity index (χ4n) is 2.55. The Morgan fingerprint density at radius 2 is 1.79 bits per heavy atom. The highest BCUT2D eigenvalue weighted by Crippen LogP contribution is 2.27. The zero-order valence-electron chi connectivity index (χ0n) is 18.2. The molecule has 5 nitrogen and oxygen atoms in total. The van der Waals surface area contributed by atoms with E-state index in [9.17, 15) is 4.79 Å². The van der Waals surface area contributed by atoms with Crippen molar-refractivity contribution in [3.05, 3.63) is 42.5 Å². The molecule has 0 aromatic heterocycles. The monoisotopic (exact) mass is 408 g/mol. The van der Waals surface area contributed by atoms with Crippen LogP contribution in [0.3, 0.4) is 0 Å². The summed E-state index contributed by atoms with van der Waals surface area (Å²) < 4.78 is 22.8. The molecule has 0 bridgehead atoms. The minimum Gasteiger partial charge on any atom is -0.497 e. The lowest BCUT2D eigenvalue weighted by Crippen LogP contribution is -2.43. The van der Waals surface area contributed by atoms with Crippen molar-refractivity contribution in [1.82, 2.24) is 0 Å². The van der Waals surface area contributed by atoms with Gasteiger partial charge in [-0.15, -0.1) is 6.58 Å². The summed E-state index contributed by atoms with van der Waals surface area (Å²) in [6.45, 7) is 15.6. The van der Waals surface area contributed by atoms with Gasteiger partial charge in [0.15, 0.2) is 0 Å². The van der Waals surface area contributed by atoms with Gasteiger partial charge in [-0.3, -0.25) is 0 Å². The van der Waals surface area contributed by atoms with E-state index < -0.39 is 25.7 Å². The largest absolute Gasteiger partial charge is 0.497 e. The number of aldehydes is 1. The van der Waals surface area contributed by atoms with Crippen LogP contribution in [0.5, 0.6) is 5.75 Å². The van der Waals surface area contributed by atoms with Crippen molar-refractivity contribution >= 4 is 14.4 Å². The molecule has 0 saturated heterocycles. The molecule has 2 atom stereocenters. The van der Waals surface area contributed by atoms with E-state index in [0.717, 1.165) is 23.6 Å². The summed E-state index contributed by atoms with van der Waals surface area (Å²) in [7, 11) is 0.493. The van der Waals surface area contributed by atoms with Crippen LogP contribution in [0.1, 0.15) is 19.4 Å².